The van der Waals surface area contributed by atoms with Gasteiger partial charge in [0, 0.05) is 11.6 Å². The van der Waals surface area contributed by atoms with Crippen LogP contribution in [0.3, 0.4) is 0 Å². The van der Waals surface area contributed by atoms with Gasteiger partial charge >= 0.3 is 6.03 Å². The molecular weight excluding hydrogens is 184 g/mol. The lowest BCUT2D eigenvalue weighted by molar-refractivity contribution is -0.527. The number of thiazole rings is 1. The molecule has 1 aromatic heterocycles. The van der Waals surface area contributed by atoms with Gasteiger partial charge in [-0.3, -0.25) is 5.32 Å². The van der Waals surface area contributed by atoms with Gasteiger partial charge in [-0.05, 0) is 0 Å². The van der Waals surface area contributed by atoms with Gasteiger partial charge in [0.05, 0.1) is 0 Å². The summed E-state index contributed by atoms with van der Waals surface area (Å²) in [6.07, 6.45) is 1.48. The van der Waals surface area contributed by atoms with Crippen molar-refractivity contribution < 1.29 is 9.83 Å². The normalized spacial score (nSPS) is 9.00. The number of amides is 2. The molecule has 0 spiro atoms. The van der Waals surface area contributed by atoms with Crippen molar-refractivity contribution in [3.63, 3.8) is 0 Å². The van der Waals surface area contributed by atoms with E-state index in [0.717, 1.165) is 0 Å². The maximum Gasteiger partial charge on any atom is 0.378 e. The van der Waals surface area contributed by atoms with Crippen molar-refractivity contribution in [1.82, 2.24) is 10.4 Å². The molecule has 0 aliphatic rings. The van der Waals surface area contributed by atoms with E-state index in [0.29, 0.717) is 5.13 Å². The monoisotopic (exact) mass is 188 g/mol. The third-order valence-electron chi connectivity index (χ3n) is 0.846. The maximum atomic E-state index is 10.6. The van der Waals surface area contributed by atoms with Gasteiger partial charge in [-0.2, -0.15) is 0 Å². The number of carbonyl (C=O) groups excluding carboxylic acids is 1. The Bertz CT molecular complexity index is 285. The van der Waals surface area contributed by atoms with Crippen molar-refractivity contribution in [2.45, 2.75) is 0 Å². The molecule has 7 nitrogen and oxygen atoms in total. The molecular formula is C4H4N4O3S. The maximum absolute atomic E-state index is 10.6. The zero-order valence-corrected chi connectivity index (χ0v) is 6.50. The van der Waals surface area contributed by atoms with Crippen molar-refractivity contribution >= 4 is 22.5 Å². The molecule has 12 heavy (non-hydrogen) atoms. The second kappa shape index (κ2) is 3.62. The highest BCUT2D eigenvalue weighted by Crippen LogP contribution is 2.09. The summed E-state index contributed by atoms with van der Waals surface area (Å²) in [6, 6.07) is -0.907. The minimum absolute atomic E-state index is 0.314. The number of rotatable bonds is 2. The molecule has 0 aliphatic carbocycles. The van der Waals surface area contributed by atoms with E-state index in [9.17, 15) is 14.9 Å². The van der Waals surface area contributed by atoms with Crippen LogP contribution in [0.25, 0.3) is 0 Å². The standard InChI is InChI=1S/C4H4N4O3S/c9-3(7-8(10)11)6-4-5-1-2-12-4/h1-2H,(H2,5,6,7,9). The summed E-state index contributed by atoms with van der Waals surface area (Å²) in [5, 5.41) is 12.9. The predicted molar refractivity (Wildman–Crippen MR) is 41.3 cm³/mol. The zero-order chi connectivity index (χ0) is 8.97. The van der Waals surface area contributed by atoms with E-state index in [1.807, 2.05) is 0 Å². The van der Waals surface area contributed by atoms with E-state index in [-0.39, 0.29) is 0 Å². The van der Waals surface area contributed by atoms with E-state index in [1.54, 1.807) is 5.38 Å². The van der Waals surface area contributed by atoms with Crippen molar-refractivity contribution in [3.05, 3.63) is 21.7 Å². The van der Waals surface area contributed by atoms with Crippen LogP contribution in [0.2, 0.25) is 0 Å². The Kier molecular flexibility index (Phi) is 2.53. The average Bonchev–Trinajstić information content (AvgIpc) is 2.37. The fraction of sp³-hybridized carbons (Fsp3) is 0. The predicted octanol–water partition coefficient (Wildman–Crippen LogP) is 0.456. The molecule has 0 aliphatic heterocycles. The Morgan fingerprint density at radius 2 is 2.50 bits per heavy atom. The van der Waals surface area contributed by atoms with Crippen LogP contribution in [-0.4, -0.2) is 16.0 Å². The van der Waals surface area contributed by atoms with Crippen LogP contribution in [0.1, 0.15) is 0 Å². The Hall–Kier alpha value is -1.70. The highest BCUT2D eigenvalue weighted by molar-refractivity contribution is 7.13. The molecule has 0 saturated heterocycles. The van der Waals surface area contributed by atoms with Crippen LogP contribution in [0.5, 0.6) is 0 Å². The van der Waals surface area contributed by atoms with E-state index in [4.69, 9.17) is 0 Å². The summed E-state index contributed by atoms with van der Waals surface area (Å²) in [7, 11) is 0. The number of hydrazine groups is 1. The second-order valence-corrected chi connectivity index (χ2v) is 2.55. The number of anilines is 1. The molecule has 0 bridgehead atoms. The third-order valence-corrected chi connectivity index (χ3v) is 1.53. The second-order valence-electron chi connectivity index (χ2n) is 1.66. The lowest BCUT2D eigenvalue weighted by atomic mass is 10.9. The number of aromatic nitrogens is 1. The first-order valence-corrected chi connectivity index (χ1v) is 3.68. The summed E-state index contributed by atoms with van der Waals surface area (Å²) < 4.78 is 0. The van der Waals surface area contributed by atoms with E-state index in [1.165, 1.54) is 23.0 Å². The molecule has 8 heteroatoms. The molecule has 0 saturated carbocycles. The van der Waals surface area contributed by atoms with E-state index < -0.39 is 11.1 Å². The highest BCUT2D eigenvalue weighted by atomic mass is 32.1. The lowest BCUT2D eigenvalue weighted by Gasteiger charge is -1.95. The Labute approximate surface area is 70.5 Å². The SMILES string of the molecule is O=C(Nc1nccs1)N[N+](=O)[O-]. The van der Waals surface area contributed by atoms with Gasteiger partial charge in [0.2, 0.25) is 0 Å². The lowest BCUT2D eigenvalue weighted by Crippen LogP contribution is -2.33. The first kappa shape index (κ1) is 8.40. The quantitative estimate of drug-likeness (QED) is 0.520. The summed E-state index contributed by atoms with van der Waals surface area (Å²) in [6.45, 7) is 0. The Morgan fingerprint density at radius 3 is 3.00 bits per heavy atom. The van der Waals surface area contributed by atoms with Crippen LogP contribution in [0.15, 0.2) is 11.6 Å². The van der Waals surface area contributed by atoms with Gasteiger partial charge in [-0.1, -0.05) is 5.43 Å². The summed E-state index contributed by atoms with van der Waals surface area (Å²) in [5.74, 6) is 0. The van der Waals surface area contributed by atoms with Crippen LogP contribution < -0.4 is 10.7 Å². The summed E-state index contributed by atoms with van der Waals surface area (Å²) in [5.41, 5.74) is 1.42. The molecule has 1 rings (SSSR count). The van der Waals surface area contributed by atoms with Gasteiger partial charge in [0.1, 0.15) is 0 Å². The van der Waals surface area contributed by atoms with Crippen LogP contribution >= 0.6 is 11.3 Å². The molecule has 0 radical (unpaired) electrons. The van der Waals surface area contributed by atoms with Gasteiger partial charge in [-0.25, -0.2) is 19.9 Å². The van der Waals surface area contributed by atoms with Crippen LogP contribution in [-0.2, 0) is 0 Å². The van der Waals surface area contributed by atoms with Crippen molar-refractivity contribution in [3.8, 4) is 0 Å². The minimum atomic E-state index is -0.942. The van der Waals surface area contributed by atoms with Gasteiger partial charge in [0.15, 0.2) is 10.2 Å². The molecule has 2 N–H and O–H groups in total. The highest BCUT2D eigenvalue weighted by Gasteiger charge is 2.07. The first-order valence-electron chi connectivity index (χ1n) is 2.80. The number of urea groups is 1. The van der Waals surface area contributed by atoms with Gasteiger partial charge < -0.3 is 0 Å². The van der Waals surface area contributed by atoms with E-state index in [2.05, 4.69) is 10.3 Å². The summed E-state index contributed by atoms with van der Waals surface area (Å²) in [4.78, 5) is 24.1. The molecule has 0 unspecified atom stereocenters. The Morgan fingerprint density at radius 1 is 1.75 bits per heavy atom. The number of carbonyl (C=O) groups is 1. The summed E-state index contributed by atoms with van der Waals surface area (Å²) >= 11 is 1.17. The van der Waals surface area contributed by atoms with E-state index >= 15 is 0 Å². The molecule has 0 aromatic carbocycles. The molecule has 1 aromatic rings. The smallest absolute Gasteiger partial charge is 0.279 e. The molecule has 64 valence electrons. The van der Waals surface area contributed by atoms with Crippen molar-refractivity contribution in [2.24, 2.45) is 0 Å². The molecule has 0 atom stereocenters. The molecule has 1 heterocycles. The average molecular weight is 188 g/mol. The molecule has 2 amide bonds. The van der Waals surface area contributed by atoms with Crippen molar-refractivity contribution in [2.75, 3.05) is 5.32 Å². The number of nitro groups is 1. The topological polar surface area (TPSA) is 97.2 Å². The molecule has 0 fully saturated rings. The largest absolute Gasteiger partial charge is 0.378 e. The Balaban J connectivity index is 2.42. The minimum Gasteiger partial charge on any atom is -0.279 e. The first-order chi connectivity index (χ1) is 5.68. The number of nitrogens with one attached hydrogen (secondary N) is 2. The van der Waals surface area contributed by atoms with Crippen LogP contribution in [0, 0.1) is 10.1 Å². The van der Waals surface area contributed by atoms with Gasteiger partial charge in [-0.15, -0.1) is 11.3 Å². The van der Waals surface area contributed by atoms with Gasteiger partial charge in [0.25, 0.3) is 0 Å². The zero-order valence-electron chi connectivity index (χ0n) is 5.68. The number of hydrogen-bond acceptors (Lipinski definition) is 5. The fourth-order valence-electron chi connectivity index (χ4n) is 0.493. The number of nitrogens with zero attached hydrogens (tertiary/aromatic N) is 2. The number of hydrogen-bond donors (Lipinski definition) is 2. The van der Waals surface area contributed by atoms with Crippen LogP contribution in [0.4, 0.5) is 9.93 Å². The van der Waals surface area contributed by atoms with Crippen molar-refractivity contribution in [1.29, 1.82) is 0 Å². The third kappa shape index (κ3) is 2.50. The fourth-order valence-corrected chi connectivity index (χ4v) is 1.02.